The number of imide groups is 1. The van der Waals surface area contributed by atoms with Gasteiger partial charge < -0.3 is 14.4 Å². The molecule has 3 saturated heterocycles. The molecule has 17 nitrogen and oxygen atoms in total. The molecule has 0 unspecified atom stereocenters. The van der Waals surface area contributed by atoms with Crippen molar-refractivity contribution in [2.45, 2.75) is 51.1 Å². The highest BCUT2D eigenvalue weighted by Crippen LogP contribution is 2.36. The highest BCUT2D eigenvalue weighted by atomic mass is 32.2. The zero-order chi connectivity index (χ0) is 43.9. The van der Waals surface area contributed by atoms with Crippen LogP contribution in [0.2, 0.25) is 0 Å². The van der Waals surface area contributed by atoms with E-state index in [0.717, 1.165) is 42.2 Å². The number of benzene rings is 3. The minimum Gasteiger partial charge on any atom is -0.451 e. The summed E-state index contributed by atoms with van der Waals surface area (Å²) in [7, 11) is -1.06. The number of anilines is 3. The van der Waals surface area contributed by atoms with Crippen LogP contribution in [0.25, 0.3) is 21.8 Å². The standard InChI is InChI=1S/C41H47F3N10O7S/c1-4-49(2)62(58,59)48-33-10-8-30(42)38(37(33)44)61-27-7-9-32-28(20-27)40(56)54(24-45-32)26-6-5-14-51(18-19-60-23-26)25-11-15-52(16-12-25)35-22-34-29(21-31(35)43)39(47-50(34)3)53-17-13-36(55)46-41(53)57/h7-10,20-22,24-26,48H,4-6,11-19,23H2,1-3H3,(H,46,55,57)/t26-/m1/s1. The van der Waals surface area contributed by atoms with E-state index >= 15 is 8.78 Å². The molecule has 2 aromatic heterocycles. The molecule has 8 rings (SSSR count). The van der Waals surface area contributed by atoms with Crippen molar-refractivity contribution in [2.75, 3.05) is 74.1 Å². The highest BCUT2D eigenvalue weighted by molar-refractivity contribution is 7.90. The van der Waals surface area contributed by atoms with Crippen molar-refractivity contribution in [3.63, 3.8) is 0 Å². The van der Waals surface area contributed by atoms with Crippen LogP contribution in [0.5, 0.6) is 11.5 Å². The number of halogens is 3. The molecule has 5 aromatic rings. The first-order chi connectivity index (χ1) is 29.7. The lowest BCUT2D eigenvalue weighted by atomic mass is 10.0. The second kappa shape index (κ2) is 17.5. The number of amides is 3. The van der Waals surface area contributed by atoms with Gasteiger partial charge in [0.15, 0.2) is 17.5 Å². The Hall–Kier alpha value is -5.77. The molecule has 5 heterocycles. The topological polar surface area (TPSA) is 176 Å². The van der Waals surface area contributed by atoms with Gasteiger partial charge in [-0.2, -0.15) is 17.8 Å². The van der Waals surface area contributed by atoms with Crippen LogP contribution < -0.4 is 30.1 Å². The van der Waals surface area contributed by atoms with Gasteiger partial charge in [-0.25, -0.2) is 22.9 Å². The summed E-state index contributed by atoms with van der Waals surface area (Å²) < 4.78 is 89.0. The van der Waals surface area contributed by atoms with E-state index in [1.807, 2.05) is 4.90 Å². The van der Waals surface area contributed by atoms with Crippen LogP contribution >= 0.6 is 0 Å². The number of aromatic nitrogens is 4. The van der Waals surface area contributed by atoms with Crippen LogP contribution in [0.3, 0.4) is 0 Å². The largest absolute Gasteiger partial charge is 0.451 e. The number of carbonyl (C=O) groups is 2. The summed E-state index contributed by atoms with van der Waals surface area (Å²) in [5.74, 6) is -3.70. The van der Waals surface area contributed by atoms with Crippen molar-refractivity contribution in [2.24, 2.45) is 7.05 Å². The van der Waals surface area contributed by atoms with Crippen LogP contribution in [0.1, 0.15) is 45.1 Å². The van der Waals surface area contributed by atoms with Crippen molar-refractivity contribution in [3.8, 4) is 11.5 Å². The fourth-order valence-electron chi connectivity index (χ4n) is 8.29. The fourth-order valence-corrected chi connectivity index (χ4v) is 9.22. The second-order valence-electron chi connectivity index (χ2n) is 15.6. The molecule has 3 aliphatic rings. The van der Waals surface area contributed by atoms with Gasteiger partial charge in [-0.3, -0.25) is 38.7 Å². The summed E-state index contributed by atoms with van der Waals surface area (Å²) in [6.45, 7) is 5.26. The molecule has 330 valence electrons. The summed E-state index contributed by atoms with van der Waals surface area (Å²) in [4.78, 5) is 48.4. The molecule has 0 aliphatic carbocycles. The number of hydrogen-bond acceptors (Lipinski definition) is 11. The number of rotatable bonds is 10. The third kappa shape index (κ3) is 8.53. The number of hydrogen-bond donors (Lipinski definition) is 2. The van der Waals surface area contributed by atoms with Gasteiger partial charge in [0.1, 0.15) is 11.6 Å². The van der Waals surface area contributed by atoms with Crippen molar-refractivity contribution >= 4 is 61.1 Å². The van der Waals surface area contributed by atoms with E-state index in [0.29, 0.717) is 60.6 Å². The van der Waals surface area contributed by atoms with Crippen molar-refractivity contribution in [3.05, 3.63) is 76.6 Å². The van der Waals surface area contributed by atoms with Crippen molar-refractivity contribution < 1.29 is 40.7 Å². The number of nitrogens with zero attached hydrogens (tertiary/aromatic N) is 8. The summed E-state index contributed by atoms with van der Waals surface area (Å²) in [6.07, 6.45) is 4.56. The van der Waals surface area contributed by atoms with E-state index in [-0.39, 0.29) is 60.8 Å². The molecule has 2 N–H and O–H groups in total. The molecule has 3 aliphatic heterocycles. The first-order valence-corrected chi connectivity index (χ1v) is 21.9. The molecule has 0 radical (unpaired) electrons. The molecule has 62 heavy (non-hydrogen) atoms. The highest BCUT2D eigenvalue weighted by Gasteiger charge is 2.31. The average Bonchev–Trinajstić information content (AvgIpc) is 3.62. The predicted octanol–water partition coefficient (Wildman–Crippen LogP) is 4.87. The number of aryl methyl sites for hydroxylation is 1. The van der Waals surface area contributed by atoms with Gasteiger partial charge in [-0.15, -0.1) is 0 Å². The second-order valence-corrected chi connectivity index (χ2v) is 17.4. The van der Waals surface area contributed by atoms with Crippen LogP contribution in [-0.2, 0) is 26.8 Å². The maximum atomic E-state index is 15.8. The van der Waals surface area contributed by atoms with E-state index in [9.17, 15) is 27.2 Å². The summed E-state index contributed by atoms with van der Waals surface area (Å²) in [6, 6.07) is 8.59. The van der Waals surface area contributed by atoms with Gasteiger partial charge in [0.2, 0.25) is 11.7 Å². The van der Waals surface area contributed by atoms with Crippen LogP contribution in [0.4, 0.5) is 35.2 Å². The Morgan fingerprint density at radius 2 is 1.74 bits per heavy atom. The molecule has 21 heteroatoms. The number of nitrogens with one attached hydrogen (secondary N) is 2. The van der Waals surface area contributed by atoms with Gasteiger partial charge in [0, 0.05) is 64.7 Å². The summed E-state index contributed by atoms with van der Waals surface area (Å²) in [5, 5.41) is 7.43. The van der Waals surface area contributed by atoms with E-state index < -0.39 is 45.1 Å². The number of carbonyl (C=O) groups excluding carboxylic acids is 2. The lowest BCUT2D eigenvalue weighted by molar-refractivity contribution is -0.120. The molecule has 3 amide bonds. The SMILES string of the molecule is CCN(C)S(=O)(=O)Nc1ccc(F)c(Oc2ccc3ncn([C@@H]4CCCN(C5CCN(c6cc7c(cc6F)c(N6CCC(=O)NC6=O)nn7C)CC5)CCOC4)c(=O)c3c2)c1F. The molecular formula is C41H47F3N10O7S. The Morgan fingerprint density at radius 3 is 2.50 bits per heavy atom. The Kier molecular flexibility index (Phi) is 12.1. The van der Waals surface area contributed by atoms with E-state index in [1.54, 1.807) is 24.7 Å². The van der Waals surface area contributed by atoms with E-state index in [4.69, 9.17) is 9.47 Å². The van der Waals surface area contributed by atoms with Crippen molar-refractivity contribution in [1.82, 2.24) is 33.9 Å². The third-order valence-corrected chi connectivity index (χ3v) is 13.4. The average molecular weight is 881 g/mol. The molecule has 3 fully saturated rings. The Bertz CT molecular complexity index is 2710. The smallest absolute Gasteiger partial charge is 0.329 e. The van der Waals surface area contributed by atoms with E-state index in [1.165, 1.54) is 47.1 Å². The monoisotopic (exact) mass is 880 g/mol. The van der Waals surface area contributed by atoms with Crippen LogP contribution in [-0.4, -0.2) is 114 Å². The Labute approximate surface area is 355 Å². The molecule has 1 atom stereocenters. The normalized spacial score (nSPS) is 18.9. The molecule has 0 bridgehead atoms. The predicted molar refractivity (Wildman–Crippen MR) is 225 cm³/mol. The number of urea groups is 1. The first kappa shape index (κ1) is 42.9. The fraction of sp³-hybridized carbons (Fsp3) is 0.439. The summed E-state index contributed by atoms with van der Waals surface area (Å²) in [5.41, 5.74) is 0.584. The molecule has 3 aromatic carbocycles. The van der Waals surface area contributed by atoms with E-state index in [2.05, 4.69) is 25.0 Å². The first-order valence-electron chi connectivity index (χ1n) is 20.5. The lowest BCUT2D eigenvalue weighted by Gasteiger charge is -2.39. The third-order valence-electron chi connectivity index (χ3n) is 11.9. The van der Waals surface area contributed by atoms with Gasteiger partial charge in [0.25, 0.3) is 5.56 Å². The number of ether oxygens (including phenoxy) is 2. The van der Waals surface area contributed by atoms with Gasteiger partial charge in [0.05, 0.1) is 53.4 Å². The number of piperidine rings is 1. The minimum absolute atomic E-state index is 0.0533. The van der Waals surface area contributed by atoms with Gasteiger partial charge in [-0.1, -0.05) is 6.92 Å². The molecular weight excluding hydrogens is 834 g/mol. The maximum Gasteiger partial charge on any atom is 0.329 e. The Morgan fingerprint density at radius 1 is 0.952 bits per heavy atom. The molecule has 0 saturated carbocycles. The minimum atomic E-state index is -4.11. The van der Waals surface area contributed by atoms with Gasteiger partial charge in [-0.05, 0) is 74.7 Å². The van der Waals surface area contributed by atoms with Crippen LogP contribution in [0.15, 0.2) is 53.6 Å². The van der Waals surface area contributed by atoms with Gasteiger partial charge >= 0.3 is 16.2 Å². The quantitative estimate of drug-likeness (QED) is 0.196. The molecule has 0 spiro atoms. The Balaban J connectivity index is 0.914. The zero-order valence-corrected chi connectivity index (χ0v) is 35.3. The van der Waals surface area contributed by atoms with Crippen molar-refractivity contribution in [1.29, 1.82) is 0 Å². The summed E-state index contributed by atoms with van der Waals surface area (Å²) >= 11 is 0. The lowest BCUT2D eigenvalue weighted by Crippen LogP contribution is -2.49. The number of fused-ring (bicyclic) bond motifs is 2. The maximum absolute atomic E-state index is 15.8. The van der Waals surface area contributed by atoms with Crippen LogP contribution in [0, 0.1) is 17.5 Å². The zero-order valence-electron chi connectivity index (χ0n) is 34.4.